The minimum absolute atomic E-state index is 0.184. The lowest BCUT2D eigenvalue weighted by Crippen LogP contribution is -2.35. The van der Waals surface area contributed by atoms with Gasteiger partial charge < -0.3 is 16.4 Å². The maximum atomic E-state index is 12.2. The van der Waals surface area contributed by atoms with Crippen LogP contribution in [0.4, 0.5) is 5.69 Å². The molecule has 1 fully saturated rings. The molecule has 6 heteroatoms. The summed E-state index contributed by atoms with van der Waals surface area (Å²) >= 11 is 0. The summed E-state index contributed by atoms with van der Waals surface area (Å²) in [6, 6.07) is 9.46. The van der Waals surface area contributed by atoms with E-state index in [1.807, 2.05) is 0 Å². The maximum Gasteiger partial charge on any atom is 0.255 e. The maximum absolute atomic E-state index is 12.2. The van der Waals surface area contributed by atoms with E-state index in [9.17, 15) is 9.59 Å². The SMILES string of the molecule is NC(C(=O)NCC1CC1)c1ccc(C(=O)Nc2ccncc2)cc1. The second-order valence-corrected chi connectivity index (χ2v) is 5.98. The summed E-state index contributed by atoms with van der Waals surface area (Å²) in [7, 11) is 0. The average molecular weight is 324 g/mol. The molecule has 2 aromatic rings. The Balaban J connectivity index is 1.59. The summed E-state index contributed by atoms with van der Waals surface area (Å²) in [5.41, 5.74) is 7.84. The molecule has 6 nitrogen and oxygen atoms in total. The van der Waals surface area contributed by atoms with Crippen molar-refractivity contribution in [3.63, 3.8) is 0 Å². The Hall–Kier alpha value is -2.73. The first kappa shape index (κ1) is 16.1. The molecule has 0 saturated heterocycles. The number of carbonyl (C=O) groups is 2. The number of aromatic nitrogens is 1. The molecule has 0 spiro atoms. The molecule has 1 aliphatic carbocycles. The van der Waals surface area contributed by atoms with Gasteiger partial charge in [0.2, 0.25) is 5.91 Å². The number of hydrogen-bond acceptors (Lipinski definition) is 4. The van der Waals surface area contributed by atoms with Crippen molar-refractivity contribution in [2.24, 2.45) is 11.7 Å². The number of carbonyl (C=O) groups excluding carboxylic acids is 2. The van der Waals surface area contributed by atoms with Crippen LogP contribution in [0.1, 0.15) is 34.8 Å². The van der Waals surface area contributed by atoms with E-state index in [-0.39, 0.29) is 11.8 Å². The largest absolute Gasteiger partial charge is 0.354 e. The van der Waals surface area contributed by atoms with Crippen LogP contribution in [0, 0.1) is 5.92 Å². The highest BCUT2D eigenvalue weighted by molar-refractivity contribution is 6.04. The van der Waals surface area contributed by atoms with E-state index >= 15 is 0 Å². The summed E-state index contributed by atoms with van der Waals surface area (Å²) in [4.78, 5) is 28.1. The molecule has 24 heavy (non-hydrogen) atoms. The summed E-state index contributed by atoms with van der Waals surface area (Å²) in [6.07, 6.45) is 5.57. The van der Waals surface area contributed by atoms with Crippen LogP contribution in [0.5, 0.6) is 0 Å². The standard InChI is InChI=1S/C18H20N4O2/c19-16(18(24)21-11-12-1-2-12)13-3-5-14(6-4-13)17(23)22-15-7-9-20-10-8-15/h3-10,12,16H,1-2,11,19H2,(H,21,24)(H,20,22,23). The number of rotatable bonds is 6. The van der Waals surface area contributed by atoms with Gasteiger partial charge in [0, 0.05) is 30.2 Å². The van der Waals surface area contributed by atoms with E-state index in [0.29, 0.717) is 29.3 Å². The van der Waals surface area contributed by atoms with Crippen LogP contribution >= 0.6 is 0 Å². The average Bonchev–Trinajstić information content (AvgIpc) is 3.44. The lowest BCUT2D eigenvalue weighted by Gasteiger charge is -2.13. The van der Waals surface area contributed by atoms with Crippen LogP contribution in [-0.4, -0.2) is 23.3 Å². The molecule has 124 valence electrons. The van der Waals surface area contributed by atoms with E-state index in [1.165, 1.54) is 12.8 Å². The summed E-state index contributed by atoms with van der Waals surface area (Å²) < 4.78 is 0. The zero-order chi connectivity index (χ0) is 16.9. The van der Waals surface area contributed by atoms with Crippen LogP contribution in [0.15, 0.2) is 48.8 Å². The fraction of sp³-hybridized carbons (Fsp3) is 0.278. The van der Waals surface area contributed by atoms with Crippen LogP contribution in [0.25, 0.3) is 0 Å². The van der Waals surface area contributed by atoms with Crippen LogP contribution in [-0.2, 0) is 4.79 Å². The van der Waals surface area contributed by atoms with Gasteiger partial charge in [-0.3, -0.25) is 14.6 Å². The molecule has 0 radical (unpaired) electrons. The molecule has 0 aliphatic heterocycles. The highest BCUT2D eigenvalue weighted by Crippen LogP contribution is 2.27. The van der Waals surface area contributed by atoms with Gasteiger partial charge in [0.25, 0.3) is 5.91 Å². The summed E-state index contributed by atoms with van der Waals surface area (Å²) in [6.45, 7) is 0.693. The molecule has 1 atom stereocenters. The molecule has 4 N–H and O–H groups in total. The molecular weight excluding hydrogens is 304 g/mol. The molecule has 2 amide bonds. The van der Waals surface area contributed by atoms with Crippen molar-refractivity contribution < 1.29 is 9.59 Å². The summed E-state index contributed by atoms with van der Waals surface area (Å²) in [5.74, 6) is 0.204. The number of nitrogens with one attached hydrogen (secondary N) is 2. The van der Waals surface area contributed by atoms with Crippen molar-refractivity contribution in [2.75, 3.05) is 11.9 Å². The number of pyridine rings is 1. The van der Waals surface area contributed by atoms with Crippen LogP contribution in [0.2, 0.25) is 0 Å². The van der Waals surface area contributed by atoms with Gasteiger partial charge in [-0.25, -0.2) is 0 Å². The zero-order valence-corrected chi connectivity index (χ0v) is 13.2. The third-order valence-electron chi connectivity index (χ3n) is 4.01. The van der Waals surface area contributed by atoms with Crippen molar-refractivity contribution >= 4 is 17.5 Å². The Bertz CT molecular complexity index is 712. The van der Waals surface area contributed by atoms with E-state index in [4.69, 9.17) is 5.73 Å². The number of amides is 2. The molecule has 1 saturated carbocycles. The first-order valence-corrected chi connectivity index (χ1v) is 7.98. The van der Waals surface area contributed by atoms with Crippen molar-refractivity contribution in [3.05, 3.63) is 59.9 Å². The molecule has 1 aliphatic rings. The van der Waals surface area contributed by atoms with Gasteiger partial charge >= 0.3 is 0 Å². The monoisotopic (exact) mass is 324 g/mol. The Kier molecular flexibility index (Phi) is 4.86. The Labute approximate surface area is 140 Å². The van der Waals surface area contributed by atoms with E-state index in [2.05, 4.69) is 15.6 Å². The molecule has 1 heterocycles. The Morgan fingerprint density at radius 3 is 2.42 bits per heavy atom. The number of nitrogens with zero attached hydrogens (tertiary/aromatic N) is 1. The molecule has 1 aromatic carbocycles. The number of anilines is 1. The van der Waals surface area contributed by atoms with Gasteiger partial charge in [-0.05, 0) is 48.6 Å². The van der Waals surface area contributed by atoms with Gasteiger partial charge in [-0.1, -0.05) is 12.1 Å². The quantitative estimate of drug-likeness (QED) is 0.755. The first-order valence-electron chi connectivity index (χ1n) is 7.98. The van der Waals surface area contributed by atoms with Gasteiger partial charge in [0.1, 0.15) is 6.04 Å². The van der Waals surface area contributed by atoms with Crippen molar-refractivity contribution in [2.45, 2.75) is 18.9 Å². The van der Waals surface area contributed by atoms with Gasteiger partial charge in [-0.15, -0.1) is 0 Å². The zero-order valence-electron chi connectivity index (χ0n) is 13.2. The molecule has 1 unspecified atom stereocenters. The van der Waals surface area contributed by atoms with Gasteiger partial charge in [-0.2, -0.15) is 0 Å². The number of nitrogens with two attached hydrogens (primary N) is 1. The first-order chi connectivity index (χ1) is 11.6. The van der Waals surface area contributed by atoms with E-state index < -0.39 is 6.04 Å². The fourth-order valence-corrected chi connectivity index (χ4v) is 2.31. The van der Waals surface area contributed by atoms with Crippen LogP contribution in [0.3, 0.4) is 0 Å². The Morgan fingerprint density at radius 1 is 1.12 bits per heavy atom. The van der Waals surface area contributed by atoms with Crippen molar-refractivity contribution in [3.8, 4) is 0 Å². The molecule has 1 aromatic heterocycles. The van der Waals surface area contributed by atoms with Gasteiger partial charge in [0.15, 0.2) is 0 Å². The second-order valence-electron chi connectivity index (χ2n) is 5.98. The smallest absolute Gasteiger partial charge is 0.255 e. The lowest BCUT2D eigenvalue weighted by atomic mass is 10.0. The Morgan fingerprint density at radius 2 is 1.79 bits per heavy atom. The van der Waals surface area contributed by atoms with Crippen molar-refractivity contribution in [1.29, 1.82) is 0 Å². The minimum Gasteiger partial charge on any atom is -0.354 e. The van der Waals surface area contributed by atoms with E-state index in [0.717, 1.165) is 0 Å². The lowest BCUT2D eigenvalue weighted by molar-refractivity contribution is -0.122. The predicted octanol–water partition coefficient (Wildman–Crippen LogP) is 1.86. The number of benzene rings is 1. The van der Waals surface area contributed by atoms with Crippen molar-refractivity contribution in [1.82, 2.24) is 10.3 Å². The minimum atomic E-state index is -0.721. The third-order valence-corrected chi connectivity index (χ3v) is 4.01. The molecular formula is C18H20N4O2. The van der Waals surface area contributed by atoms with Crippen LogP contribution < -0.4 is 16.4 Å². The molecule has 0 bridgehead atoms. The summed E-state index contributed by atoms with van der Waals surface area (Å²) in [5, 5.41) is 5.64. The highest BCUT2D eigenvalue weighted by atomic mass is 16.2. The predicted molar refractivity (Wildman–Crippen MR) is 91.3 cm³/mol. The fourth-order valence-electron chi connectivity index (χ4n) is 2.31. The normalized spacial score (nSPS) is 14.7. The second kappa shape index (κ2) is 7.23. The van der Waals surface area contributed by atoms with Gasteiger partial charge in [0.05, 0.1) is 0 Å². The molecule has 3 rings (SSSR count). The highest BCUT2D eigenvalue weighted by Gasteiger charge is 2.23. The van der Waals surface area contributed by atoms with E-state index in [1.54, 1.807) is 48.8 Å². The number of hydrogen-bond donors (Lipinski definition) is 3. The third kappa shape index (κ3) is 4.17. The topological polar surface area (TPSA) is 97.1 Å².